The molecule has 0 fully saturated rings. The minimum absolute atomic E-state index is 0.216. The second kappa shape index (κ2) is 11.7. The molecule has 2 atom stereocenters. The van der Waals surface area contributed by atoms with E-state index < -0.39 is 6.04 Å². The Bertz CT molecular complexity index is 771. The maximum Gasteiger partial charge on any atom is 0.326 e. The Morgan fingerprint density at radius 2 is 1.90 bits per heavy atom. The standard InChI is InChI=1S/C22H31N3O3S/c1-15(2)11-20(22(26)27-3)25-28-21-10-9-18(24-13-17(23)14-29)12-19(21)16-7-5-4-6-8-16/h4-10,12,15,17,20,24-25,29H,11,13-14,23H2,1-3H3/p+1/t17-,20+/m1/s1. The number of hydroxylamine groups is 1. The molecule has 0 aromatic heterocycles. The first-order chi connectivity index (χ1) is 13.9. The molecule has 2 aromatic rings. The highest BCUT2D eigenvalue weighted by molar-refractivity contribution is 7.80. The number of hydrogen-bond donors (Lipinski definition) is 4. The van der Waals surface area contributed by atoms with Crippen molar-refractivity contribution in [2.45, 2.75) is 32.4 Å². The van der Waals surface area contributed by atoms with Crippen LogP contribution < -0.4 is 21.4 Å². The van der Waals surface area contributed by atoms with Gasteiger partial charge in [0, 0.05) is 17.0 Å². The van der Waals surface area contributed by atoms with Gasteiger partial charge in [0.1, 0.15) is 12.1 Å². The molecule has 6 nitrogen and oxygen atoms in total. The van der Waals surface area contributed by atoms with Crippen molar-refractivity contribution in [2.75, 3.05) is 24.7 Å². The lowest BCUT2D eigenvalue weighted by molar-refractivity contribution is -0.407. The maximum atomic E-state index is 12.1. The highest BCUT2D eigenvalue weighted by Crippen LogP contribution is 2.32. The lowest BCUT2D eigenvalue weighted by Crippen LogP contribution is -2.64. The number of ether oxygens (including phenoxy) is 1. The van der Waals surface area contributed by atoms with Gasteiger partial charge in [-0.1, -0.05) is 44.2 Å². The molecule has 2 rings (SSSR count). The molecule has 0 saturated carbocycles. The number of rotatable bonds is 11. The van der Waals surface area contributed by atoms with Gasteiger partial charge in [0.15, 0.2) is 5.75 Å². The summed E-state index contributed by atoms with van der Waals surface area (Å²) in [7, 11) is 1.38. The van der Waals surface area contributed by atoms with E-state index in [1.165, 1.54) is 7.11 Å². The van der Waals surface area contributed by atoms with E-state index in [1.54, 1.807) is 0 Å². The Morgan fingerprint density at radius 3 is 2.52 bits per heavy atom. The van der Waals surface area contributed by atoms with E-state index in [0.29, 0.717) is 23.8 Å². The van der Waals surface area contributed by atoms with Crippen LogP contribution in [0.2, 0.25) is 0 Å². The molecule has 0 amide bonds. The summed E-state index contributed by atoms with van der Waals surface area (Å²) in [6, 6.07) is 15.5. The molecule has 2 aromatic carbocycles. The van der Waals surface area contributed by atoms with Gasteiger partial charge in [-0.15, -0.1) is 5.48 Å². The van der Waals surface area contributed by atoms with Crippen LogP contribution in [0, 0.1) is 5.92 Å². The Balaban J connectivity index is 2.24. The van der Waals surface area contributed by atoms with E-state index in [9.17, 15) is 4.79 Å². The summed E-state index contributed by atoms with van der Waals surface area (Å²) >= 11 is 4.28. The maximum absolute atomic E-state index is 12.1. The molecular weight excluding hydrogens is 386 g/mol. The first-order valence-electron chi connectivity index (χ1n) is 9.82. The van der Waals surface area contributed by atoms with Crippen LogP contribution in [0.1, 0.15) is 20.3 Å². The number of anilines is 1. The Morgan fingerprint density at radius 1 is 1.17 bits per heavy atom. The lowest BCUT2D eigenvalue weighted by atomic mass is 10.0. The van der Waals surface area contributed by atoms with Gasteiger partial charge in [0.25, 0.3) is 0 Å². The molecule has 7 heteroatoms. The normalized spacial score (nSPS) is 13.0. The van der Waals surface area contributed by atoms with Crippen LogP contribution in [-0.4, -0.2) is 37.5 Å². The molecule has 0 unspecified atom stereocenters. The number of nitrogens with one attached hydrogen (secondary N) is 2. The van der Waals surface area contributed by atoms with Crippen molar-refractivity contribution >= 4 is 24.3 Å². The molecular formula is C22H32N3O3S+. The molecule has 0 radical (unpaired) electrons. The summed E-state index contributed by atoms with van der Waals surface area (Å²) in [5.74, 6) is 1.33. The number of methoxy groups -OCH3 is 1. The lowest BCUT2D eigenvalue weighted by Gasteiger charge is -2.20. The molecule has 5 N–H and O–H groups in total. The highest BCUT2D eigenvalue weighted by Gasteiger charge is 2.22. The fraction of sp³-hybridized carbons (Fsp3) is 0.409. The third-order valence-electron chi connectivity index (χ3n) is 4.42. The van der Waals surface area contributed by atoms with E-state index in [2.05, 4.69) is 29.2 Å². The van der Waals surface area contributed by atoms with Gasteiger partial charge < -0.3 is 20.6 Å². The summed E-state index contributed by atoms with van der Waals surface area (Å²) in [6.07, 6.45) is 0.613. The van der Waals surface area contributed by atoms with Gasteiger partial charge in [-0.3, -0.25) is 4.79 Å². The molecule has 29 heavy (non-hydrogen) atoms. The molecule has 0 aliphatic carbocycles. The van der Waals surface area contributed by atoms with Crippen LogP contribution in [0.3, 0.4) is 0 Å². The van der Waals surface area contributed by atoms with Crippen molar-refractivity contribution in [3.05, 3.63) is 48.5 Å². The predicted molar refractivity (Wildman–Crippen MR) is 120 cm³/mol. The molecule has 0 spiro atoms. The zero-order valence-electron chi connectivity index (χ0n) is 17.4. The third-order valence-corrected chi connectivity index (χ3v) is 4.94. The van der Waals surface area contributed by atoms with Crippen LogP contribution >= 0.6 is 12.6 Å². The van der Waals surface area contributed by atoms with Crippen LogP contribution in [-0.2, 0) is 9.53 Å². The Labute approximate surface area is 178 Å². The molecule has 0 aliphatic rings. The summed E-state index contributed by atoms with van der Waals surface area (Å²) in [6.45, 7) is 4.83. The Hall–Kier alpha value is -2.22. The van der Waals surface area contributed by atoms with Crippen LogP contribution in [0.25, 0.3) is 11.1 Å². The van der Waals surface area contributed by atoms with Crippen molar-refractivity contribution in [2.24, 2.45) is 5.92 Å². The average Bonchev–Trinajstić information content (AvgIpc) is 2.74. The zero-order valence-corrected chi connectivity index (χ0v) is 18.2. The summed E-state index contributed by atoms with van der Waals surface area (Å²) in [5, 5.41) is 3.39. The fourth-order valence-electron chi connectivity index (χ4n) is 2.84. The van der Waals surface area contributed by atoms with Crippen LogP contribution in [0.5, 0.6) is 5.75 Å². The van der Waals surface area contributed by atoms with Gasteiger partial charge in [-0.05, 0) is 36.1 Å². The summed E-state index contributed by atoms with van der Waals surface area (Å²) in [4.78, 5) is 17.9. The smallest absolute Gasteiger partial charge is 0.326 e. The number of quaternary nitrogens is 1. The van der Waals surface area contributed by atoms with Crippen molar-refractivity contribution in [3.8, 4) is 16.9 Å². The number of benzene rings is 2. The van der Waals surface area contributed by atoms with E-state index in [1.807, 2.05) is 62.4 Å². The minimum atomic E-state index is -0.538. The van der Waals surface area contributed by atoms with Gasteiger partial charge >= 0.3 is 5.97 Å². The second-order valence-electron chi connectivity index (χ2n) is 7.43. The first-order valence-corrected chi connectivity index (χ1v) is 10.4. The first kappa shape index (κ1) is 23.1. The largest absolute Gasteiger partial charge is 0.468 e. The van der Waals surface area contributed by atoms with E-state index in [-0.39, 0.29) is 12.0 Å². The van der Waals surface area contributed by atoms with Crippen molar-refractivity contribution < 1.29 is 20.1 Å². The second-order valence-corrected chi connectivity index (χ2v) is 7.80. The van der Waals surface area contributed by atoms with Crippen molar-refractivity contribution in [3.63, 3.8) is 0 Å². The van der Waals surface area contributed by atoms with Crippen LogP contribution in [0.15, 0.2) is 48.5 Å². The van der Waals surface area contributed by atoms with E-state index in [0.717, 1.165) is 23.4 Å². The van der Waals surface area contributed by atoms with Gasteiger partial charge in [-0.2, -0.15) is 12.6 Å². The van der Waals surface area contributed by atoms with E-state index in [4.69, 9.17) is 9.57 Å². The molecule has 0 bridgehead atoms. The third kappa shape index (κ3) is 7.27. The number of thiol groups is 1. The Kier molecular flexibility index (Phi) is 9.31. The number of carbonyl (C=O) groups excluding carboxylic acids is 1. The predicted octanol–water partition coefficient (Wildman–Crippen LogP) is 2.78. The molecule has 0 saturated heterocycles. The number of esters is 1. The minimum Gasteiger partial charge on any atom is -0.468 e. The number of carbonyl (C=O) groups is 1. The molecule has 0 heterocycles. The molecule has 158 valence electrons. The van der Waals surface area contributed by atoms with Gasteiger partial charge in [0.2, 0.25) is 0 Å². The van der Waals surface area contributed by atoms with E-state index >= 15 is 0 Å². The van der Waals surface area contributed by atoms with Gasteiger partial charge in [-0.25, -0.2) is 0 Å². The van der Waals surface area contributed by atoms with Gasteiger partial charge in [0.05, 0.1) is 13.7 Å². The zero-order chi connectivity index (χ0) is 21.2. The highest BCUT2D eigenvalue weighted by atomic mass is 32.1. The van der Waals surface area contributed by atoms with Crippen molar-refractivity contribution in [1.82, 2.24) is 5.48 Å². The fourth-order valence-corrected chi connectivity index (χ4v) is 2.97. The summed E-state index contributed by atoms with van der Waals surface area (Å²) < 4.78 is 4.90. The quantitative estimate of drug-likeness (QED) is 0.256. The topological polar surface area (TPSA) is 87.2 Å². The SMILES string of the molecule is COC(=O)[C@H](CC(C)C)NOc1ccc(NC[C@@H]([NH3+])CS)cc1-c1ccccc1. The molecule has 0 aliphatic heterocycles. The number of hydrogen-bond acceptors (Lipinski definition) is 6. The monoisotopic (exact) mass is 418 g/mol. The van der Waals surface area contributed by atoms with Crippen molar-refractivity contribution in [1.29, 1.82) is 0 Å². The average molecular weight is 419 g/mol. The summed E-state index contributed by atoms with van der Waals surface area (Å²) in [5.41, 5.74) is 9.85. The van der Waals surface area contributed by atoms with Crippen LogP contribution in [0.4, 0.5) is 5.69 Å².